The first-order valence-corrected chi connectivity index (χ1v) is 27.8. The van der Waals surface area contributed by atoms with Crippen molar-refractivity contribution in [3.8, 4) is 44.5 Å². The molecule has 0 saturated heterocycles. The van der Waals surface area contributed by atoms with Crippen molar-refractivity contribution in [1.29, 1.82) is 0 Å². The first kappa shape index (κ1) is 47.3. The summed E-state index contributed by atoms with van der Waals surface area (Å²) in [5, 5.41) is 4.53. The highest BCUT2D eigenvalue weighted by molar-refractivity contribution is 6.10. The summed E-state index contributed by atoms with van der Waals surface area (Å²) in [6, 6.07) is 94.3. The Hall–Kier alpha value is -9.90. The molecular formula is C76H56N2O2. The van der Waals surface area contributed by atoms with Crippen LogP contribution in [0.2, 0.25) is 0 Å². The number of hydrogen-bond acceptors (Lipinski definition) is 4. The van der Waals surface area contributed by atoms with Crippen molar-refractivity contribution in [2.75, 3.05) is 9.80 Å². The molecule has 1 atom stereocenters. The summed E-state index contributed by atoms with van der Waals surface area (Å²) in [5.74, 6) is 0.255. The largest absolute Gasteiger partial charge is 0.456 e. The van der Waals surface area contributed by atoms with Gasteiger partial charge in [-0.2, -0.15) is 0 Å². The Morgan fingerprint density at radius 2 is 0.825 bits per heavy atom. The molecule has 0 fully saturated rings. The Morgan fingerprint density at radius 1 is 0.362 bits per heavy atom. The fourth-order valence-electron chi connectivity index (χ4n) is 12.9. The Morgan fingerprint density at radius 3 is 1.44 bits per heavy atom. The quantitative estimate of drug-likeness (QED) is 0.137. The fourth-order valence-corrected chi connectivity index (χ4v) is 12.9. The molecule has 2 heterocycles. The first-order valence-electron chi connectivity index (χ1n) is 27.8. The number of furan rings is 2. The Kier molecular flexibility index (Phi) is 11.2. The van der Waals surface area contributed by atoms with Gasteiger partial charge in [-0.3, -0.25) is 0 Å². The van der Waals surface area contributed by atoms with Crippen molar-refractivity contribution in [3.63, 3.8) is 0 Å². The van der Waals surface area contributed by atoms with Crippen LogP contribution in [0, 0.1) is 5.92 Å². The van der Waals surface area contributed by atoms with Gasteiger partial charge in [-0.15, -0.1) is 0 Å². The van der Waals surface area contributed by atoms with Crippen LogP contribution in [0.3, 0.4) is 0 Å². The lowest BCUT2D eigenvalue weighted by Gasteiger charge is -2.35. The molecule has 0 aliphatic heterocycles. The van der Waals surface area contributed by atoms with Crippen molar-refractivity contribution >= 4 is 77.9 Å². The van der Waals surface area contributed by atoms with Crippen LogP contribution in [0.4, 0.5) is 28.4 Å². The second kappa shape index (κ2) is 18.9. The van der Waals surface area contributed by atoms with Crippen LogP contribution in [0.25, 0.3) is 94.0 Å². The molecule has 0 N–H and O–H groups in total. The summed E-state index contributed by atoms with van der Waals surface area (Å²) >= 11 is 0. The van der Waals surface area contributed by atoms with E-state index in [-0.39, 0.29) is 11.3 Å². The van der Waals surface area contributed by atoms with Gasteiger partial charge in [-0.05, 0) is 165 Å². The molecule has 13 aromatic rings. The minimum atomic E-state index is -0.291. The highest BCUT2D eigenvalue weighted by Crippen LogP contribution is 2.55. The van der Waals surface area contributed by atoms with Gasteiger partial charge in [0.2, 0.25) is 0 Å². The fraction of sp³-hybridized carbons (Fsp3) is 0.0789. The molecule has 15 rings (SSSR count). The van der Waals surface area contributed by atoms with Gasteiger partial charge >= 0.3 is 0 Å². The van der Waals surface area contributed by atoms with E-state index < -0.39 is 0 Å². The van der Waals surface area contributed by atoms with E-state index in [1.807, 2.05) is 18.2 Å². The van der Waals surface area contributed by atoms with Crippen molar-refractivity contribution in [2.24, 2.45) is 5.92 Å². The van der Waals surface area contributed by atoms with E-state index in [0.717, 1.165) is 101 Å². The highest BCUT2D eigenvalue weighted by Gasteiger charge is 2.42. The average molecular weight is 1030 g/mol. The summed E-state index contributed by atoms with van der Waals surface area (Å²) in [6.45, 7) is 7.26. The molecule has 0 saturated carbocycles. The zero-order valence-corrected chi connectivity index (χ0v) is 44.9. The Bertz CT molecular complexity index is 4480. The zero-order valence-electron chi connectivity index (χ0n) is 44.9. The van der Waals surface area contributed by atoms with Gasteiger partial charge in [0.25, 0.3) is 0 Å². The molecule has 0 bridgehead atoms. The Balaban J connectivity index is 0.813. The smallest absolute Gasteiger partial charge is 0.143 e. The predicted molar refractivity (Wildman–Crippen MR) is 334 cm³/mol. The molecule has 11 aromatic carbocycles. The van der Waals surface area contributed by atoms with Crippen LogP contribution in [-0.2, 0) is 5.41 Å². The lowest BCUT2D eigenvalue weighted by Crippen LogP contribution is -2.24. The monoisotopic (exact) mass is 1030 g/mol. The third-order valence-electron chi connectivity index (χ3n) is 16.9. The van der Waals surface area contributed by atoms with E-state index >= 15 is 0 Å². The van der Waals surface area contributed by atoms with Gasteiger partial charge in [0, 0.05) is 66.7 Å². The van der Waals surface area contributed by atoms with E-state index in [4.69, 9.17) is 8.83 Å². The summed E-state index contributed by atoms with van der Waals surface area (Å²) in [6.07, 6.45) is 3.39. The summed E-state index contributed by atoms with van der Waals surface area (Å²) in [4.78, 5) is 4.91. The van der Waals surface area contributed by atoms with Crippen molar-refractivity contribution in [2.45, 2.75) is 32.6 Å². The van der Waals surface area contributed by atoms with Gasteiger partial charge in [-0.1, -0.05) is 197 Å². The number of benzene rings is 11. The van der Waals surface area contributed by atoms with E-state index in [0.29, 0.717) is 0 Å². The molecule has 382 valence electrons. The maximum Gasteiger partial charge on any atom is 0.143 e. The topological polar surface area (TPSA) is 32.8 Å². The number of para-hydroxylation sites is 3. The van der Waals surface area contributed by atoms with Crippen molar-refractivity contribution in [3.05, 3.63) is 289 Å². The molecule has 4 nitrogen and oxygen atoms in total. The lowest BCUT2D eigenvalue weighted by molar-refractivity contribution is 0.634. The van der Waals surface area contributed by atoms with E-state index in [9.17, 15) is 0 Å². The maximum atomic E-state index is 6.54. The molecule has 0 spiro atoms. The first-order chi connectivity index (χ1) is 39.3. The SMILES string of the molecule is CC1CC(N(c2ccc(-c3ccc4c(c3)oc3ccccc34)cc2)c2ccc(-c3cccc4c3oc3ccccc34)cc2)=CC2=C1c1ccc(N(c3ccc(-c4ccccc4)cc3)c3ccc(-c4ccccc4)cc3)cc1C2(C)C. The van der Waals surface area contributed by atoms with Gasteiger partial charge in [0.15, 0.2) is 0 Å². The van der Waals surface area contributed by atoms with Gasteiger partial charge in [0.05, 0.1) is 0 Å². The van der Waals surface area contributed by atoms with Crippen LogP contribution in [0.1, 0.15) is 38.3 Å². The van der Waals surface area contributed by atoms with E-state index in [1.165, 1.54) is 50.2 Å². The number of allylic oxidation sites excluding steroid dienone is 4. The van der Waals surface area contributed by atoms with Crippen LogP contribution < -0.4 is 9.80 Å². The number of rotatable bonds is 10. The second-order valence-corrected chi connectivity index (χ2v) is 22.1. The van der Waals surface area contributed by atoms with Crippen LogP contribution in [-0.4, -0.2) is 0 Å². The normalized spacial score (nSPS) is 14.6. The van der Waals surface area contributed by atoms with Crippen molar-refractivity contribution in [1.82, 2.24) is 0 Å². The molecular weight excluding hydrogens is 973 g/mol. The molecule has 80 heavy (non-hydrogen) atoms. The minimum absolute atomic E-state index is 0.255. The van der Waals surface area contributed by atoms with E-state index in [1.54, 1.807) is 0 Å². The third-order valence-corrected chi connectivity index (χ3v) is 16.9. The molecule has 2 aliphatic rings. The minimum Gasteiger partial charge on any atom is -0.456 e. The molecule has 2 aromatic heterocycles. The molecule has 0 amide bonds. The molecule has 4 heteroatoms. The number of fused-ring (bicyclic) bond motifs is 8. The maximum absolute atomic E-state index is 6.54. The molecule has 2 aliphatic carbocycles. The van der Waals surface area contributed by atoms with Crippen LogP contribution in [0.15, 0.2) is 287 Å². The summed E-state index contributed by atoms with van der Waals surface area (Å²) in [7, 11) is 0. The number of nitrogens with zero attached hydrogens (tertiary/aromatic N) is 2. The predicted octanol–water partition coefficient (Wildman–Crippen LogP) is 21.4. The third kappa shape index (κ3) is 7.97. The zero-order chi connectivity index (χ0) is 53.5. The standard InChI is InChI=1S/C76H56N2O2/c1-49-45-62(48-70-74(49)68-44-42-61(47-69(68)76(70,2)3)77(57-34-25-52(26-35-57)50-15-6-4-7-16-50)58-36-27-53(28-37-58)51-17-8-5-9-18-51)78(59-38-29-54(30-39-59)56-33-43-66-64-19-10-12-23-71(64)79-73(66)46-56)60-40-31-55(32-41-60)63-21-14-22-67-65-20-11-13-24-72(65)80-75(63)67/h4-44,46-49H,45H2,1-3H3. The van der Waals surface area contributed by atoms with Gasteiger partial charge in [-0.25, -0.2) is 0 Å². The van der Waals surface area contributed by atoms with Crippen LogP contribution in [0.5, 0.6) is 0 Å². The number of hydrogen-bond donors (Lipinski definition) is 0. The summed E-state index contributed by atoms with van der Waals surface area (Å²) < 4.78 is 12.9. The number of anilines is 5. The average Bonchev–Trinajstić information content (AvgIpc) is 4.37. The Labute approximate surface area is 466 Å². The summed E-state index contributed by atoms with van der Waals surface area (Å²) in [5.41, 5.74) is 24.9. The molecule has 1 unspecified atom stereocenters. The lowest BCUT2D eigenvalue weighted by atomic mass is 9.77. The van der Waals surface area contributed by atoms with Gasteiger partial charge < -0.3 is 18.6 Å². The highest BCUT2D eigenvalue weighted by atomic mass is 16.3. The second-order valence-electron chi connectivity index (χ2n) is 22.1. The van der Waals surface area contributed by atoms with Crippen LogP contribution >= 0.6 is 0 Å². The van der Waals surface area contributed by atoms with E-state index in [2.05, 4.69) is 279 Å². The van der Waals surface area contributed by atoms with Gasteiger partial charge in [0.1, 0.15) is 22.3 Å². The molecule has 0 radical (unpaired) electrons. The van der Waals surface area contributed by atoms with Crippen molar-refractivity contribution < 1.29 is 8.83 Å².